The van der Waals surface area contributed by atoms with Crippen LogP contribution in [0.2, 0.25) is 0 Å². The number of hydrogen-bond acceptors (Lipinski definition) is 8. The number of aromatic nitrogens is 3. The van der Waals surface area contributed by atoms with Crippen LogP contribution < -0.4 is 20.3 Å². The number of ether oxygens (including phenoxy) is 2. The van der Waals surface area contributed by atoms with E-state index in [0.717, 1.165) is 32.2 Å². The maximum absolute atomic E-state index is 14.2. The summed E-state index contributed by atoms with van der Waals surface area (Å²) >= 11 is 0. The summed E-state index contributed by atoms with van der Waals surface area (Å²) in [6, 6.07) is 5.30. The van der Waals surface area contributed by atoms with E-state index in [-0.39, 0.29) is 11.8 Å². The lowest BCUT2D eigenvalue weighted by atomic mass is 10.1. The molecule has 1 aliphatic carbocycles. The Kier molecular flexibility index (Phi) is 7.57. The van der Waals surface area contributed by atoms with E-state index in [4.69, 9.17) is 14.5 Å². The largest absolute Gasteiger partial charge is 0.494 e. The molecule has 9 heteroatoms. The number of benzene rings is 1. The predicted molar refractivity (Wildman–Crippen MR) is 123 cm³/mol. The number of nitrogens with zero attached hydrogens (tertiary/aromatic N) is 4. The van der Waals surface area contributed by atoms with Gasteiger partial charge >= 0.3 is 0 Å². The van der Waals surface area contributed by atoms with E-state index in [9.17, 15) is 4.39 Å². The molecular weight excluding hydrogens is 411 g/mol. The first-order valence-corrected chi connectivity index (χ1v) is 11.5. The summed E-state index contributed by atoms with van der Waals surface area (Å²) in [5.74, 6) is 1.32. The van der Waals surface area contributed by atoms with Crippen LogP contribution in [0, 0.1) is 5.82 Å². The Morgan fingerprint density at radius 2 is 1.78 bits per heavy atom. The minimum atomic E-state index is -0.441. The van der Waals surface area contributed by atoms with Crippen molar-refractivity contribution in [2.45, 2.75) is 63.5 Å². The Labute approximate surface area is 188 Å². The second-order valence-corrected chi connectivity index (χ2v) is 8.53. The van der Waals surface area contributed by atoms with Crippen LogP contribution in [0.5, 0.6) is 5.75 Å². The molecule has 2 aliphatic rings. The summed E-state index contributed by atoms with van der Waals surface area (Å²) in [5, 5.41) is 6.67. The van der Waals surface area contributed by atoms with Crippen LogP contribution in [-0.4, -0.2) is 54.4 Å². The number of methoxy groups -OCH3 is 2. The van der Waals surface area contributed by atoms with Gasteiger partial charge in [-0.1, -0.05) is 25.7 Å². The summed E-state index contributed by atoms with van der Waals surface area (Å²) in [4.78, 5) is 16.2. The molecule has 1 aliphatic heterocycles. The molecular formula is C23H33FN6O2. The molecule has 1 atom stereocenters. The zero-order valence-corrected chi connectivity index (χ0v) is 18.9. The average Bonchev–Trinajstić information content (AvgIpc) is 3.09. The number of rotatable bonds is 8. The van der Waals surface area contributed by atoms with E-state index in [0.29, 0.717) is 36.2 Å². The molecule has 8 nitrogen and oxygen atoms in total. The van der Waals surface area contributed by atoms with Crippen LogP contribution in [0.1, 0.15) is 51.4 Å². The summed E-state index contributed by atoms with van der Waals surface area (Å²) in [6.07, 6.45) is 9.33. The third-order valence-corrected chi connectivity index (χ3v) is 6.21. The van der Waals surface area contributed by atoms with Gasteiger partial charge in [-0.3, -0.25) is 0 Å². The van der Waals surface area contributed by atoms with E-state index in [1.165, 1.54) is 38.9 Å². The number of halogens is 1. The zero-order chi connectivity index (χ0) is 22.3. The molecule has 174 valence electrons. The van der Waals surface area contributed by atoms with Crippen molar-refractivity contribution in [3.63, 3.8) is 0 Å². The van der Waals surface area contributed by atoms with E-state index >= 15 is 0 Å². The van der Waals surface area contributed by atoms with Crippen molar-refractivity contribution >= 4 is 23.5 Å². The maximum atomic E-state index is 14.2. The predicted octanol–water partition coefficient (Wildman–Crippen LogP) is 4.51. The van der Waals surface area contributed by atoms with E-state index in [2.05, 4.69) is 25.5 Å². The van der Waals surface area contributed by atoms with E-state index in [1.807, 2.05) is 0 Å². The minimum Gasteiger partial charge on any atom is -0.494 e. The fraction of sp³-hybridized carbons (Fsp3) is 0.609. The second kappa shape index (κ2) is 10.8. The first kappa shape index (κ1) is 22.5. The van der Waals surface area contributed by atoms with Gasteiger partial charge in [-0.2, -0.15) is 15.0 Å². The highest BCUT2D eigenvalue weighted by Gasteiger charge is 2.28. The summed E-state index contributed by atoms with van der Waals surface area (Å²) < 4.78 is 24.6. The molecule has 2 aromatic rings. The summed E-state index contributed by atoms with van der Waals surface area (Å²) in [6.45, 7) is 1.50. The fourth-order valence-corrected chi connectivity index (χ4v) is 4.56. The number of nitrogens with one attached hydrogen (secondary N) is 2. The Bertz CT molecular complexity index is 891. The van der Waals surface area contributed by atoms with E-state index in [1.54, 1.807) is 19.2 Å². The highest BCUT2D eigenvalue weighted by molar-refractivity contribution is 5.57. The van der Waals surface area contributed by atoms with Gasteiger partial charge in [-0.25, -0.2) is 4.39 Å². The van der Waals surface area contributed by atoms with Crippen molar-refractivity contribution in [1.82, 2.24) is 15.0 Å². The third kappa shape index (κ3) is 5.56. The van der Waals surface area contributed by atoms with Crippen molar-refractivity contribution < 1.29 is 13.9 Å². The minimum absolute atomic E-state index is 0.196. The van der Waals surface area contributed by atoms with Crippen LogP contribution in [0.4, 0.5) is 27.9 Å². The highest BCUT2D eigenvalue weighted by Crippen LogP contribution is 2.28. The maximum Gasteiger partial charge on any atom is 0.233 e. The van der Waals surface area contributed by atoms with Gasteiger partial charge in [-0.05, 0) is 37.8 Å². The van der Waals surface area contributed by atoms with Gasteiger partial charge < -0.3 is 25.0 Å². The lowest BCUT2D eigenvalue weighted by Gasteiger charge is -2.25. The third-order valence-electron chi connectivity index (χ3n) is 6.21. The van der Waals surface area contributed by atoms with Crippen molar-refractivity contribution in [3.8, 4) is 5.75 Å². The van der Waals surface area contributed by atoms with Crippen LogP contribution in [0.15, 0.2) is 18.2 Å². The molecule has 1 aromatic heterocycles. The van der Waals surface area contributed by atoms with Crippen molar-refractivity contribution in [1.29, 1.82) is 0 Å². The molecule has 0 amide bonds. The van der Waals surface area contributed by atoms with Crippen LogP contribution in [-0.2, 0) is 4.74 Å². The molecule has 0 bridgehead atoms. The Morgan fingerprint density at radius 1 is 1.00 bits per heavy atom. The Hall–Kier alpha value is -2.68. The monoisotopic (exact) mass is 444 g/mol. The van der Waals surface area contributed by atoms with Crippen LogP contribution in [0.3, 0.4) is 0 Å². The fourth-order valence-electron chi connectivity index (χ4n) is 4.56. The first-order chi connectivity index (χ1) is 15.7. The standard InChI is InChI=1S/C23H33FN6O2/c1-31-15-18-10-7-13-30(18)23-28-21(25-16-8-5-3-4-6-9-16)27-22(29-23)26-17-11-12-20(32-2)19(24)14-17/h11-12,14,16,18H,3-10,13,15H2,1-2H3,(H2,25,26,27,28,29). The van der Waals surface area contributed by atoms with Gasteiger partial charge in [0.15, 0.2) is 11.6 Å². The van der Waals surface area contributed by atoms with Gasteiger partial charge in [0.05, 0.1) is 19.8 Å². The second-order valence-electron chi connectivity index (χ2n) is 8.53. The topological polar surface area (TPSA) is 84.4 Å². The Morgan fingerprint density at radius 3 is 2.50 bits per heavy atom. The van der Waals surface area contributed by atoms with Crippen LogP contribution >= 0.6 is 0 Å². The summed E-state index contributed by atoms with van der Waals surface area (Å²) in [7, 11) is 3.16. The molecule has 1 saturated heterocycles. The Balaban J connectivity index is 1.61. The normalized spacial score (nSPS) is 19.6. The zero-order valence-electron chi connectivity index (χ0n) is 18.9. The number of anilines is 4. The van der Waals surface area contributed by atoms with Gasteiger partial charge in [0.1, 0.15) is 0 Å². The van der Waals surface area contributed by atoms with Gasteiger partial charge in [-0.15, -0.1) is 0 Å². The lowest BCUT2D eigenvalue weighted by molar-refractivity contribution is 0.180. The van der Waals surface area contributed by atoms with Crippen LogP contribution in [0.25, 0.3) is 0 Å². The molecule has 1 saturated carbocycles. The molecule has 1 aromatic carbocycles. The quantitative estimate of drug-likeness (QED) is 0.575. The lowest BCUT2D eigenvalue weighted by Crippen LogP contribution is -2.34. The highest BCUT2D eigenvalue weighted by atomic mass is 19.1. The van der Waals surface area contributed by atoms with Gasteiger partial charge in [0.2, 0.25) is 17.8 Å². The van der Waals surface area contributed by atoms with Crippen molar-refractivity contribution in [3.05, 3.63) is 24.0 Å². The molecule has 1 unspecified atom stereocenters. The molecule has 2 heterocycles. The number of hydrogen-bond donors (Lipinski definition) is 2. The van der Waals surface area contributed by atoms with Gasteiger partial charge in [0, 0.05) is 31.5 Å². The average molecular weight is 445 g/mol. The van der Waals surface area contributed by atoms with Gasteiger partial charge in [0.25, 0.3) is 0 Å². The molecule has 2 N–H and O–H groups in total. The smallest absolute Gasteiger partial charge is 0.233 e. The van der Waals surface area contributed by atoms with E-state index < -0.39 is 5.82 Å². The first-order valence-electron chi connectivity index (χ1n) is 11.5. The van der Waals surface area contributed by atoms with Crippen molar-refractivity contribution in [2.75, 3.05) is 42.9 Å². The molecule has 0 radical (unpaired) electrons. The molecule has 0 spiro atoms. The SMILES string of the molecule is COCC1CCCN1c1nc(Nc2ccc(OC)c(F)c2)nc(NC2CCCCCC2)n1. The molecule has 4 rings (SSSR count). The molecule has 32 heavy (non-hydrogen) atoms. The molecule has 2 fully saturated rings. The summed E-state index contributed by atoms with van der Waals surface area (Å²) in [5.41, 5.74) is 0.552. The van der Waals surface area contributed by atoms with Crippen molar-refractivity contribution in [2.24, 2.45) is 0 Å².